The van der Waals surface area contributed by atoms with Gasteiger partial charge in [0.25, 0.3) is 0 Å². The van der Waals surface area contributed by atoms with Gasteiger partial charge in [-0.2, -0.15) is 0 Å². The molecule has 0 aromatic heterocycles. The fourth-order valence-corrected chi connectivity index (χ4v) is 1.21. The molecule has 1 aromatic carbocycles. The molecule has 0 aliphatic rings. The smallest absolute Gasteiger partial charge is 0.210 e. The minimum absolute atomic E-state index is 0.482. The lowest BCUT2D eigenvalue weighted by Crippen LogP contribution is -2.36. The second kappa shape index (κ2) is 7.48. The summed E-state index contributed by atoms with van der Waals surface area (Å²) < 4.78 is 10.0. The Morgan fingerprint density at radius 2 is 2.24 bits per heavy atom. The standard InChI is InChI=1S/C11H18N4O2/c1-16-7-6-13-11(15-12)14-9-4-3-5-10(8-9)17-2/h3-5,8H,6-7,12H2,1-2H3,(H2,13,14,15). The number of hydrogen-bond acceptors (Lipinski definition) is 4. The van der Waals surface area contributed by atoms with Crippen LogP contribution in [0.3, 0.4) is 0 Å². The van der Waals surface area contributed by atoms with Gasteiger partial charge in [-0.05, 0) is 12.1 Å². The third-order valence-electron chi connectivity index (χ3n) is 2.03. The summed E-state index contributed by atoms with van der Waals surface area (Å²) in [4.78, 5) is 4.19. The largest absolute Gasteiger partial charge is 0.497 e. The third-order valence-corrected chi connectivity index (χ3v) is 2.03. The van der Waals surface area contributed by atoms with Crippen molar-refractivity contribution in [1.82, 2.24) is 5.43 Å². The first-order chi connectivity index (χ1) is 8.30. The average molecular weight is 238 g/mol. The van der Waals surface area contributed by atoms with Crippen molar-refractivity contribution in [3.63, 3.8) is 0 Å². The quantitative estimate of drug-likeness (QED) is 0.230. The maximum absolute atomic E-state index is 5.36. The molecule has 0 bridgehead atoms. The highest BCUT2D eigenvalue weighted by atomic mass is 16.5. The number of nitrogens with zero attached hydrogens (tertiary/aromatic N) is 1. The van der Waals surface area contributed by atoms with Crippen molar-refractivity contribution in [1.29, 1.82) is 0 Å². The summed E-state index contributed by atoms with van der Waals surface area (Å²) in [5.41, 5.74) is 3.34. The number of hydrogen-bond donors (Lipinski definition) is 3. The van der Waals surface area contributed by atoms with Crippen LogP contribution in [-0.2, 0) is 4.74 Å². The summed E-state index contributed by atoms with van der Waals surface area (Å²) in [5, 5.41) is 3.04. The van der Waals surface area contributed by atoms with Gasteiger partial charge < -0.3 is 14.8 Å². The fraction of sp³-hybridized carbons (Fsp3) is 0.364. The minimum atomic E-state index is 0.482. The van der Waals surface area contributed by atoms with E-state index in [4.69, 9.17) is 15.3 Å². The Hall–Kier alpha value is -1.79. The molecule has 0 atom stereocenters. The van der Waals surface area contributed by atoms with E-state index in [0.29, 0.717) is 19.1 Å². The Bertz CT molecular complexity index is 368. The third kappa shape index (κ3) is 4.71. The number of hydrazine groups is 1. The molecule has 6 nitrogen and oxygen atoms in total. The number of benzene rings is 1. The van der Waals surface area contributed by atoms with Gasteiger partial charge >= 0.3 is 0 Å². The minimum Gasteiger partial charge on any atom is -0.497 e. The molecule has 0 heterocycles. The SMILES string of the molecule is COCCN=C(NN)Nc1cccc(OC)c1. The van der Waals surface area contributed by atoms with Gasteiger partial charge in [-0.15, -0.1) is 0 Å². The van der Waals surface area contributed by atoms with Crippen LogP contribution in [0.5, 0.6) is 5.75 Å². The first-order valence-corrected chi connectivity index (χ1v) is 5.21. The average Bonchev–Trinajstić information content (AvgIpc) is 2.38. The van der Waals surface area contributed by atoms with Crippen molar-refractivity contribution in [2.75, 3.05) is 32.7 Å². The molecule has 4 N–H and O–H groups in total. The van der Waals surface area contributed by atoms with Crippen LogP contribution in [0.15, 0.2) is 29.3 Å². The molecule has 1 aromatic rings. The molecule has 0 fully saturated rings. The number of nitrogens with one attached hydrogen (secondary N) is 2. The van der Waals surface area contributed by atoms with Crippen molar-refractivity contribution >= 4 is 11.6 Å². The molecule has 1 rings (SSSR count). The summed E-state index contributed by atoms with van der Waals surface area (Å²) in [6.07, 6.45) is 0. The molecule has 17 heavy (non-hydrogen) atoms. The molecule has 0 radical (unpaired) electrons. The van der Waals surface area contributed by atoms with Gasteiger partial charge in [-0.1, -0.05) is 6.07 Å². The number of aliphatic imine (C=N–C) groups is 1. The van der Waals surface area contributed by atoms with Crippen LogP contribution in [0.1, 0.15) is 0 Å². The Morgan fingerprint density at radius 3 is 2.88 bits per heavy atom. The van der Waals surface area contributed by atoms with Gasteiger partial charge in [-0.3, -0.25) is 5.43 Å². The molecule has 0 aliphatic carbocycles. The zero-order valence-electron chi connectivity index (χ0n) is 10.1. The Balaban J connectivity index is 2.63. The van der Waals surface area contributed by atoms with E-state index in [0.717, 1.165) is 11.4 Å². The van der Waals surface area contributed by atoms with Crippen LogP contribution in [0.25, 0.3) is 0 Å². The van der Waals surface area contributed by atoms with Crippen LogP contribution < -0.4 is 21.3 Å². The molecule has 0 saturated carbocycles. The number of guanidine groups is 1. The molecular formula is C11H18N4O2. The van der Waals surface area contributed by atoms with E-state index in [1.165, 1.54) is 0 Å². The number of anilines is 1. The monoisotopic (exact) mass is 238 g/mol. The topological polar surface area (TPSA) is 80.9 Å². The molecule has 0 saturated heterocycles. The first-order valence-electron chi connectivity index (χ1n) is 5.21. The Morgan fingerprint density at radius 1 is 1.41 bits per heavy atom. The van der Waals surface area contributed by atoms with E-state index < -0.39 is 0 Å². The molecule has 0 aliphatic heterocycles. The second-order valence-electron chi connectivity index (χ2n) is 3.22. The number of nitrogens with two attached hydrogens (primary N) is 1. The molecular weight excluding hydrogens is 220 g/mol. The molecule has 0 amide bonds. The van der Waals surface area contributed by atoms with Crippen molar-refractivity contribution in [2.24, 2.45) is 10.8 Å². The molecule has 6 heteroatoms. The summed E-state index contributed by atoms with van der Waals surface area (Å²) >= 11 is 0. The van der Waals surface area contributed by atoms with Crippen LogP contribution in [0.2, 0.25) is 0 Å². The normalized spacial score (nSPS) is 11.1. The van der Waals surface area contributed by atoms with Crippen LogP contribution in [-0.4, -0.2) is 33.3 Å². The maximum Gasteiger partial charge on any atom is 0.210 e. The Labute approximate surface area is 101 Å². The fourth-order valence-electron chi connectivity index (χ4n) is 1.21. The second-order valence-corrected chi connectivity index (χ2v) is 3.22. The van der Waals surface area contributed by atoms with Gasteiger partial charge in [0.2, 0.25) is 5.96 Å². The predicted molar refractivity (Wildman–Crippen MR) is 68.1 cm³/mol. The molecule has 0 unspecified atom stereocenters. The first kappa shape index (κ1) is 13.3. The van der Waals surface area contributed by atoms with E-state index >= 15 is 0 Å². The molecule has 0 spiro atoms. The zero-order valence-corrected chi connectivity index (χ0v) is 10.1. The van der Waals surface area contributed by atoms with Crippen LogP contribution >= 0.6 is 0 Å². The predicted octanol–water partition coefficient (Wildman–Crippen LogP) is 0.573. The lowest BCUT2D eigenvalue weighted by Gasteiger charge is -2.10. The summed E-state index contributed by atoms with van der Waals surface area (Å²) in [5.74, 6) is 6.61. The Kier molecular flexibility index (Phi) is 5.84. The van der Waals surface area contributed by atoms with Crippen molar-refractivity contribution in [2.45, 2.75) is 0 Å². The van der Waals surface area contributed by atoms with Gasteiger partial charge in [0.05, 0.1) is 20.3 Å². The lowest BCUT2D eigenvalue weighted by molar-refractivity contribution is 0.208. The number of methoxy groups -OCH3 is 2. The van der Waals surface area contributed by atoms with Crippen molar-refractivity contribution in [3.8, 4) is 5.75 Å². The van der Waals surface area contributed by atoms with Gasteiger partial charge in [0.1, 0.15) is 5.75 Å². The lowest BCUT2D eigenvalue weighted by atomic mass is 10.3. The highest BCUT2D eigenvalue weighted by Gasteiger charge is 1.99. The van der Waals surface area contributed by atoms with Gasteiger partial charge in [0.15, 0.2) is 0 Å². The highest BCUT2D eigenvalue weighted by Crippen LogP contribution is 2.16. The van der Waals surface area contributed by atoms with Crippen LogP contribution in [0.4, 0.5) is 5.69 Å². The number of ether oxygens (including phenoxy) is 2. The van der Waals surface area contributed by atoms with E-state index in [-0.39, 0.29) is 0 Å². The van der Waals surface area contributed by atoms with Crippen LogP contribution in [0, 0.1) is 0 Å². The zero-order chi connectivity index (χ0) is 12.5. The number of rotatable bonds is 5. The van der Waals surface area contributed by atoms with Gasteiger partial charge in [0, 0.05) is 18.9 Å². The van der Waals surface area contributed by atoms with E-state index in [9.17, 15) is 0 Å². The summed E-state index contributed by atoms with van der Waals surface area (Å²) in [6, 6.07) is 7.49. The van der Waals surface area contributed by atoms with Gasteiger partial charge in [-0.25, -0.2) is 10.8 Å². The molecule has 94 valence electrons. The summed E-state index contributed by atoms with van der Waals surface area (Å²) in [6.45, 7) is 1.08. The highest BCUT2D eigenvalue weighted by molar-refractivity contribution is 5.93. The van der Waals surface area contributed by atoms with E-state index in [1.54, 1.807) is 14.2 Å². The maximum atomic E-state index is 5.36. The summed E-state index contributed by atoms with van der Waals surface area (Å²) in [7, 11) is 3.24. The van der Waals surface area contributed by atoms with Crippen molar-refractivity contribution in [3.05, 3.63) is 24.3 Å². The van der Waals surface area contributed by atoms with Crippen molar-refractivity contribution < 1.29 is 9.47 Å². The van der Waals surface area contributed by atoms with E-state index in [2.05, 4.69) is 15.7 Å². The van der Waals surface area contributed by atoms with E-state index in [1.807, 2.05) is 24.3 Å².